The Morgan fingerprint density at radius 1 is 1.20 bits per heavy atom. The van der Waals surface area contributed by atoms with Crippen molar-refractivity contribution in [1.82, 2.24) is 9.80 Å². The van der Waals surface area contributed by atoms with Gasteiger partial charge in [-0.3, -0.25) is 9.69 Å². The number of rotatable bonds is 6. The average Bonchev–Trinajstić information content (AvgIpc) is 2.80. The first-order chi connectivity index (χ1) is 11.1. The van der Waals surface area contributed by atoms with Crippen LogP contribution in [0, 0.1) is 5.82 Å². The van der Waals surface area contributed by atoms with Crippen LogP contribution in [0.3, 0.4) is 0 Å². The number of hydrogen-bond acceptors (Lipinski definition) is 4. The van der Waals surface area contributed by atoms with Crippen LogP contribution in [0.2, 0.25) is 0 Å². The number of ether oxygens (including phenoxy) is 1. The highest BCUT2D eigenvalue weighted by molar-refractivity contribution is 5.85. The largest absolute Gasteiger partial charge is 0.380 e. The van der Waals surface area contributed by atoms with Gasteiger partial charge in [-0.2, -0.15) is 0 Å². The van der Waals surface area contributed by atoms with Crippen LogP contribution in [0.1, 0.15) is 18.4 Å². The summed E-state index contributed by atoms with van der Waals surface area (Å²) >= 11 is 0. The third-order valence-corrected chi connectivity index (χ3v) is 4.26. The maximum Gasteiger partial charge on any atom is 0.225 e. The maximum atomic E-state index is 13.0. The Balaban J connectivity index is 0.00000288. The number of nitrogens with zero attached hydrogens (tertiary/aromatic N) is 2. The molecule has 0 saturated carbocycles. The fraction of sp³-hybridized carbons (Fsp3) is 0.588. The molecule has 2 rings (SSSR count). The third kappa shape index (κ3) is 7.88. The monoisotopic (exact) mass is 395 g/mol. The number of halogens is 3. The van der Waals surface area contributed by atoms with E-state index in [1.54, 1.807) is 7.11 Å². The molecular formula is C17H28Cl2FN3O2. The smallest absolute Gasteiger partial charge is 0.225 e. The molecule has 1 aromatic rings. The normalized spacial score (nSPS) is 16.4. The highest BCUT2D eigenvalue weighted by Crippen LogP contribution is 2.11. The first kappa shape index (κ1) is 24.1. The van der Waals surface area contributed by atoms with Crippen LogP contribution in [-0.2, 0) is 16.1 Å². The van der Waals surface area contributed by atoms with Gasteiger partial charge in [0.1, 0.15) is 5.82 Å². The van der Waals surface area contributed by atoms with Gasteiger partial charge in [0, 0.05) is 46.4 Å². The summed E-state index contributed by atoms with van der Waals surface area (Å²) in [5.74, 6) is -0.111. The van der Waals surface area contributed by atoms with E-state index < -0.39 is 0 Å². The van der Waals surface area contributed by atoms with Gasteiger partial charge in [-0.25, -0.2) is 4.39 Å². The van der Waals surface area contributed by atoms with E-state index >= 15 is 0 Å². The number of carbonyl (C=O) groups is 1. The molecule has 1 unspecified atom stereocenters. The van der Waals surface area contributed by atoms with Crippen LogP contribution in [-0.4, -0.2) is 61.6 Å². The summed E-state index contributed by atoms with van der Waals surface area (Å²) in [5.41, 5.74) is 6.67. The van der Waals surface area contributed by atoms with E-state index in [9.17, 15) is 9.18 Å². The molecule has 0 spiro atoms. The van der Waals surface area contributed by atoms with Crippen LogP contribution in [0.5, 0.6) is 0 Å². The Bertz CT molecular complexity index is 501. The van der Waals surface area contributed by atoms with Gasteiger partial charge in [-0.15, -0.1) is 24.8 Å². The van der Waals surface area contributed by atoms with Crippen LogP contribution in [0.4, 0.5) is 4.39 Å². The Morgan fingerprint density at radius 3 is 2.48 bits per heavy atom. The molecule has 144 valence electrons. The highest BCUT2D eigenvalue weighted by Gasteiger charge is 2.21. The van der Waals surface area contributed by atoms with Crippen LogP contribution >= 0.6 is 24.8 Å². The molecule has 2 N–H and O–H groups in total. The molecule has 1 atom stereocenters. The topological polar surface area (TPSA) is 58.8 Å². The van der Waals surface area contributed by atoms with Gasteiger partial charge < -0.3 is 15.4 Å². The molecule has 25 heavy (non-hydrogen) atoms. The predicted molar refractivity (Wildman–Crippen MR) is 102 cm³/mol. The van der Waals surface area contributed by atoms with E-state index in [1.807, 2.05) is 17.0 Å². The van der Waals surface area contributed by atoms with E-state index in [-0.39, 0.29) is 42.6 Å². The lowest BCUT2D eigenvalue weighted by Gasteiger charge is -2.23. The summed E-state index contributed by atoms with van der Waals surface area (Å²) in [7, 11) is 1.58. The lowest BCUT2D eigenvalue weighted by molar-refractivity contribution is -0.133. The lowest BCUT2D eigenvalue weighted by Crippen LogP contribution is -2.38. The molecule has 8 heteroatoms. The quantitative estimate of drug-likeness (QED) is 0.800. The fourth-order valence-electron chi connectivity index (χ4n) is 2.81. The van der Waals surface area contributed by atoms with Crippen molar-refractivity contribution < 1.29 is 13.9 Å². The zero-order valence-corrected chi connectivity index (χ0v) is 16.2. The fourth-order valence-corrected chi connectivity index (χ4v) is 2.81. The summed E-state index contributed by atoms with van der Waals surface area (Å²) in [6.45, 7) is 4.37. The number of methoxy groups -OCH3 is 1. The van der Waals surface area contributed by atoms with Crippen molar-refractivity contribution in [3.8, 4) is 0 Å². The van der Waals surface area contributed by atoms with E-state index in [0.717, 1.165) is 38.2 Å². The highest BCUT2D eigenvalue weighted by atomic mass is 35.5. The number of carbonyl (C=O) groups excluding carboxylic acids is 1. The van der Waals surface area contributed by atoms with E-state index in [0.29, 0.717) is 19.5 Å². The molecule has 1 amide bonds. The number of hydrogen-bond donors (Lipinski definition) is 1. The number of nitrogens with two attached hydrogens (primary N) is 1. The molecule has 0 aliphatic carbocycles. The van der Waals surface area contributed by atoms with Crippen molar-refractivity contribution in [3.05, 3.63) is 35.6 Å². The summed E-state index contributed by atoms with van der Waals surface area (Å²) in [4.78, 5) is 16.5. The molecule has 0 radical (unpaired) electrons. The number of benzene rings is 1. The molecule has 0 bridgehead atoms. The van der Waals surface area contributed by atoms with Gasteiger partial charge in [0.25, 0.3) is 0 Å². The molecule has 1 saturated heterocycles. The van der Waals surface area contributed by atoms with Crippen LogP contribution < -0.4 is 5.73 Å². The Hall–Kier alpha value is -0.920. The summed E-state index contributed by atoms with van der Waals surface area (Å²) in [5, 5.41) is 0. The zero-order valence-electron chi connectivity index (χ0n) is 14.5. The standard InChI is InChI=1S/C17H26FN3O2.2ClH/c1-23-16(12-19)11-17(22)21-8-2-7-20(9-10-21)13-14-3-5-15(18)6-4-14;;/h3-6,16H,2,7-13,19H2,1H3;2*1H. The predicted octanol–water partition coefficient (Wildman–Crippen LogP) is 2.07. The molecule has 1 fully saturated rings. The van der Waals surface area contributed by atoms with Gasteiger partial charge in [0.05, 0.1) is 12.5 Å². The number of amides is 1. The zero-order chi connectivity index (χ0) is 16.7. The van der Waals surface area contributed by atoms with Crippen molar-refractivity contribution in [2.24, 2.45) is 5.73 Å². The first-order valence-electron chi connectivity index (χ1n) is 8.10. The van der Waals surface area contributed by atoms with Crippen molar-refractivity contribution in [2.75, 3.05) is 39.8 Å². The van der Waals surface area contributed by atoms with E-state index in [4.69, 9.17) is 10.5 Å². The van der Waals surface area contributed by atoms with Crippen molar-refractivity contribution in [2.45, 2.75) is 25.5 Å². The third-order valence-electron chi connectivity index (χ3n) is 4.26. The van der Waals surface area contributed by atoms with Crippen molar-refractivity contribution in [3.63, 3.8) is 0 Å². The first-order valence-corrected chi connectivity index (χ1v) is 8.10. The second-order valence-corrected chi connectivity index (χ2v) is 5.93. The van der Waals surface area contributed by atoms with Gasteiger partial charge in [0.2, 0.25) is 5.91 Å². The second-order valence-electron chi connectivity index (χ2n) is 5.93. The Labute approximate surface area is 161 Å². The molecule has 5 nitrogen and oxygen atoms in total. The van der Waals surface area contributed by atoms with Gasteiger partial charge in [0.15, 0.2) is 0 Å². The maximum absolute atomic E-state index is 13.0. The van der Waals surface area contributed by atoms with Gasteiger partial charge in [-0.05, 0) is 24.1 Å². The van der Waals surface area contributed by atoms with Crippen molar-refractivity contribution in [1.29, 1.82) is 0 Å². The molecule has 1 aliphatic rings. The Kier molecular flexibility index (Phi) is 12.0. The lowest BCUT2D eigenvalue weighted by atomic mass is 10.2. The summed E-state index contributed by atoms with van der Waals surface area (Å²) in [6.07, 6.45) is 1.07. The van der Waals surface area contributed by atoms with E-state index in [2.05, 4.69) is 4.90 Å². The van der Waals surface area contributed by atoms with Crippen LogP contribution in [0.25, 0.3) is 0 Å². The molecule has 1 aliphatic heterocycles. The van der Waals surface area contributed by atoms with Gasteiger partial charge in [-0.1, -0.05) is 12.1 Å². The average molecular weight is 396 g/mol. The SMILES string of the molecule is COC(CN)CC(=O)N1CCCN(Cc2ccc(F)cc2)CC1.Cl.Cl. The Morgan fingerprint density at radius 2 is 1.88 bits per heavy atom. The second kappa shape index (κ2) is 12.4. The molecule has 1 aromatic carbocycles. The molecular weight excluding hydrogens is 368 g/mol. The van der Waals surface area contributed by atoms with E-state index in [1.165, 1.54) is 12.1 Å². The minimum absolute atomic E-state index is 0. The summed E-state index contributed by atoms with van der Waals surface area (Å²) in [6, 6.07) is 6.60. The molecule has 1 heterocycles. The summed E-state index contributed by atoms with van der Waals surface area (Å²) < 4.78 is 18.1. The minimum Gasteiger partial charge on any atom is -0.380 e. The minimum atomic E-state index is -0.214. The van der Waals surface area contributed by atoms with Crippen LogP contribution in [0.15, 0.2) is 24.3 Å². The molecule has 0 aromatic heterocycles. The van der Waals surface area contributed by atoms with Gasteiger partial charge >= 0.3 is 0 Å². The van der Waals surface area contributed by atoms with Crippen molar-refractivity contribution >= 4 is 30.7 Å².